The molecule has 0 aliphatic carbocycles. The Morgan fingerprint density at radius 1 is 1.12 bits per heavy atom. The normalized spacial score (nSPS) is 14.9. The van der Waals surface area contributed by atoms with Crippen molar-refractivity contribution in [1.29, 1.82) is 0 Å². The van der Waals surface area contributed by atoms with Crippen molar-refractivity contribution in [1.82, 2.24) is 15.0 Å². The summed E-state index contributed by atoms with van der Waals surface area (Å²) in [5, 5.41) is 0.767. The number of hydrogen-bond acceptors (Lipinski definition) is 5. The van der Waals surface area contributed by atoms with Crippen molar-refractivity contribution in [2.45, 2.75) is 0 Å². The molecule has 0 saturated carbocycles. The van der Waals surface area contributed by atoms with E-state index in [-0.39, 0.29) is 0 Å². The molecule has 0 unspecified atom stereocenters. The van der Waals surface area contributed by atoms with Crippen molar-refractivity contribution < 1.29 is 0 Å². The first-order chi connectivity index (χ1) is 8.42. The number of fused-ring (bicyclic) bond motifs is 3. The molecule has 2 aliphatic heterocycles. The third-order valence-electron chi connectivity index (χ3n) is 2.66. The number of aromatic amines is 1. The minimum absolute atomic E-state index is 0.608. The molecule has 0 fully saturated rings. The fraction of sp³-hybridized carbons (Fsp3) is 0. The first-order valence-electron chi connectivity index (χ1n) is 5.12. The van der Waals surface area contributed by atoms with Gasteiger partial charge in [-0.1, -0.05) is 0 Å². The molecular formula is C11H6N6. The number of rotatable bonds is 1. The molecule has 0 bridgehead atoms. The summed E-state index contributed by atoms with van der Waals surface area (Å²) in [5.41, 5.74) is 3.18. The van der Waals surface area contributed by atoms with Gasteiger partial charge in [-0.2, -0.15) is 0 Å². The SMILES string of the molecule is C1=Cc2c3c(cnc2=N1)=NC(c1c[nH]cn1)=N3. The van der Waals surface area contributed by atoms with E-state index in [1.54, 1.807) is 24.9 Å². The molecule has 4 heterocycles. The lowest BCUT2D eigenvalue weighted by Crippen LogP contribution is -2.15. The van der Waals surface area contributed by atoms with Gasteiger partial charge in [0.1, 0.15) is 16.7 Å². The highest BCUT2D eigenvalue weighted by molar-refractivity contribution is 6.01. The zero-order valence-corrected chi connectivity index (χ0v) is 8.62. The molecule has 0 radical (unpaired) electrons. The van der Waals surface area contributed by atoms with Gasteiger partial charge in [0.25, 0.3) is 0 Å². The first kappa shape index (κ1) is 8.51. The van der Waals surface area contributed by atoms with Crippen LogP contribution in [0, 0.1) is 0 Å². The number of aromatic nitrogens is 3. The molecule has 0 amide bonds. The van der Waals surface area contributed by atoms with Crippen LogP contribution in [0.5, 0.6) is 0 Å². The van der Waals surface area contributed by atoms with Crippen molar-refractivity contribution in [3.63, 3.8) is 0 Å². The maximum atomic E-state index is 4.48. The quantitative estimate of drug-likeness (QED) is 0.743. The van der Waals surface area contributed by atoms with Gasteiger partial charge in [-0.25, -0.2) is 24.9 Å². The number of pyridine rings is 1. The van der Waals surface area contributed by atoms with E-state index in [0.29, 0.717) is 11.3 Å². The van der Waals surface area contributed by atoms with Crippen LogP contribution in [0.25, 0.3) is 6.08 Å². The minimum atomic E-state index is 0.608. The Kier molecular flexibility index (Phi) is 1.47. The summed E-state index contributed by atoms with van der Waals surface area (Å²) >= 11 is 0. The van der Waals surface area contributed by atoms with E-state index in [4.69, 9.17) is 0 Å². The van der Waals surface area contributed by atoms with Gasteiger partial charge in [-0.15, -0.1) is 0 Å². The van der Waals surface area contributed by atoms with Crippen LogP contribution in [-0.2, 0) is 0 Å². The fourth-order valence-electron chi connectivity index (χ4n) is 1.88. The van der Waals surface area contributed by atoms with Crippen LogP contribution in [0.2, 0.25) is 0 Å². The van der Waals surface area contributed by atoms with E-state index in [1.165, 1.54) is 0 Å². The fourth-order valence-corrected chi connectivity index (χ4v) is 1.88. The highest BCUT2D eigenvalue weighted by Gasteiger charge is 2.17. The van der Waals surface area contributed by atoms with Crippen molar-refractivity contribution in [2.24, 2.45) is 15.0 Å². The largest absolute Gasteiger partial charge is 0.350 e. The van der Waals surface area contributed by atoms with Crippen molar-refractivity contribution in [3.05, 3.63) is 47.0 Å². The summed E-state index contributed by atoms with van der Waals surface area (Å²) in [7, 11) is 0. The second-order valence-corrected chi connectivity index (χ2v) is 3.68. The molecule has 0 atom stereocenters. The van der Waals surface area contributed by atoms with Crippen LogP contribution in [-0.4, -0.2) is 20.8 Å². The van der Waals surface area contributed by atoms with Gasteiger partial charge in [0.15, 0.2) is 11.3 Å². The van der Waals surface area contributed by atoms with Gasteiger partial charge < -0.3 is 4.98 Å². The summed E-state index contributed by atoms with van der Waals surface area (Å²) in [5.74, 6) is 0.608. The van der Waals surface area contributed by atoms with E-state index in [9.17, 15) is 0 Å². The Morgan fingerprint density at radius 2 is 2.12 bits per heavy atom. The number of imidazole rings is 1. The number of nitrogens with one attached hydrogen (secondary N) is 1. The zero-order chi connectivity index (χ0) is 11.2. The van der Waals surface area contributed by atoms with Crippen molar-refractivity contribution in [2.75, 3.05) is 0 Å². The topological polar surface area (TPSA) is 78.6 Å². The lowest BCUT2D eigenvalue weighted by molar-refractivity contribution is 1.13. The summed E-state index contributed by atoms with van der Waals surface area (Å²) in [6, 6.07) is 0. The van der Waals surface area contributed by atoms with E-state index in [1.807, 2.05) is 6.08 Å². The van der Waals surface area contributed by atoms with E-state index < -0.39 is 0 Å². The standard InChI is InChI=1S/C11H6N6/c1-2-13-10-6(1)9-7(4-14-10)16-11(17-9)8-3-12-5-15-8/h1-5H,(H,12,15). The Labute approximate surface area is 95.2 Å². The van der Waals surface area contributed by atoms with Crippen LogP contribution in [0.15, 0.2) is 39.9 Å². The van der Waals surface area contributed by atoms with E-state index in [0.717, 1.165) is 22.3 Å². The molecule has 2 aliphatic rings. The molecule has 6 heteroatoms. The molecule has 2 aromatic heterocycles. The lowest BCUT2D eigenvalue weighted by Gasteiger charge is -1.93. The van der Waals surface area contributed by atoms with Crippen LogP contribution in [0.4, 0.5) is 5.69 Å². The minimum Gasteiger partial charge on any atom is -0.350 e. The number of hydrogen-bond donors (Lipinski definition) is 1. The second kappa shape index (κ2) is 2.94. The molecule has 2 aromatic rings. The van der Waals surface area contributed by atoms with Crippen LogP contribution < -0.4 is 10.8 Å². The maximum absolute atomic E-state index is 4.48. The average molecular weight is 222 g/mol. The monoisotopic (exact) mass is 222 g/mol. The smallest absolute Gasteiger partial charge is 0.181 e. The third-order valence-corrected chi connectivity index (χ3v) is 2.66. The number of amidine groups is 1. The third kappa shape index (κ3) is 1.12. The lowest BCUT2D eigenvalue weighted by atomic mass is 10.2. The number of nitrogens with zero attached hydrogens (tertiary/aromatic N) is 5. The van der Waals surface area contributed by atoms with Gasteiger partial charge in [-0.3, -0.25) is 0 Å². The first-order valence-corrected chi connectivity index (χ1v) is 5.12. The Bertz CT molecular complexity index is 782. The molecule has 0 spiro atoms. The zero-order valence-electron chi connectivity index (χ0n) is 8.62. The van der Waals surface area contributed by atoms with Gasteiger partial charge >= 0.3 is 0 Å². The van der Waals surface area contributed by atoms with Gasteiger partial charge in [0.2, 0.25) is 0 Å². The van der Waals surface area contributed by atoms with Gasteiger partial charge in [0, 0.05) is 18.0 Å². The molecular weight excluding hydrogens is 216 g/mol. The number of H-pyrrole nitrogens is 1. The van der Waals surface area contributed by atoms with Gasteiger partial charge in [-0.05, 0) is 6.08 Å². The highest BCUT2D eigenvalue weighted by atomic mass is 15.0. The van der Waals surface area contributed by atoms with E-state index >= 15 is 0 Å². The number of aliphatic imine (C=N–C) groups is 1. The predicted octanol–water partition coefficient (Wildman–Crippen LogP) is 0.120. The summed E-state index contributed by atoms with van der Waals surface area (Å²) in [6.45, 7) is 0. The summed E-state index contributed by atoms with van der Waals surface area (Å²) in [4.78, 5) is 24.3. The van der Waals surface area contributed by atoms with Crippen LogP contribution >= 0.6 is 0 Å². The highest BCUT2D eigenvalue weighted by Crippen LogP contribution is 2.19. The van der Waals surface area contributed by atoms with Crippen LogP contribution in [0.3, 0.4) is 0 Å². The molecule has 17 heavy (non-hydrogen) atoms. The van der Waals surface area contributed by atoms with E-state index in [2.05, 4.69) is 29.9 Å². The molecule has 0 aromatic carbocycles. The Hall–Kier alpha value is -2.63. The Balaban J connectivity index is 1.99. The molecule has 80 valence electrons. The molecule has 6 nitrogen and oxygen atoms in total. The maximum Gasteiger partial charge on any atom is 0.181 e. The van der Waals surface area contributed by atoms with Crippen molar-refractivity contribution >= 4 is 17.6 Å². The molecule has 4 rings (SSSR count). The second-order valence-electron chi connectivity index (χ2n) is 3.68. The summed E-state index contributed by atoms with van der Waals surface area (Å²) in [6.07, 6.45) is 8.68. The summed E-state index contributed by atoms with van der Waals surface area (Å²) < 4.78 is 0. The average Bonchev–Trinajstić information content (AvgIpc) is 3.08. The van der Waals surface area contributed by atoms with Crippen LogP contribution in [0.1, 0.15) is 11.3 Å². The molecule has 0 saturated heterocycles. The van der Waals surface area contributed by atoms with Gasteiger partial charge in [0.05, 0.1) is 12.5 Å². The van der Waals surface area contributed by atoms with Crippen molar-refractivity contribution in [3.8, 4) is 0 Å². The Morgan fingerprint density at radius 3 is 3.00 bits per heavy atom. The molecule has 1 N–H and O–H groups in total. The predicted molar refractivity (Wildman–Crippen MR) is 60.4 cm³/mol.